The molecule has 0 bridgehead atoms. The summed E-state index contributed by atoms with van der Waals surface area (Å²) in [6.45, 7) is 1.05. The van der Waals surface area contributed by atoms with Crippen LogP contribution in [0.3, 0.4) is 0 Å². The highest BCUT2D eigenvalue weighted by Crippen LogP contribution is 2.30. The zero-order valence-electron chi connectivity index (χ0n) is 8.52. The normalized spacial score (nSPS) is 11.7. The molecule has 0 aliphatic heterocycles. The Balaban J connectivity index is 3.15. The molecule has 94 valence electrons. The molecule has 1 aromatic carbocycles. The van der Waals surface area contributed by atoms with Crippen LogP contribution < -0.4 is 4.74 Å². The Kier molecular flexibility index (Phi) is 3.69. The fraction of sp³-hybridized carbons (Fsp3) is 0.300. The highest BCUT2D eigenvalue weighted by atomic mass is 19.4. The second-order valence-corrected chi connectivity index (χ2v) is 3.15. The largest absolute Gasteiger partial charge is 0.573 e. The van der Waals surface area contributed by atoms with E-state index in [1.54, 1.807) is 0 Å². The number of halogens is 5. The van der Waals surface area contributed by atoms with E-state index in [1.807, 2.05) is 0 Å². The van der Waals surface area contributed by atoms with Crippen molar-refractivity contribution in [3.8, 4) is 5.75 Å². The van der Waals surface area contributed by atoms with Gasteiger partial charge < -0.3 is 4.74 Å². The number of carbonyl (C=O) groups excluding carboxylic acids is 1. The second-order valence-electron chi connectivity index (χ2n) is 3.15. The summed E-state index contributed by atoms with van der Waals surface area (Å²) in [5.41, 5.74) is -1.10. The smallest absolute Gasteiger partial charge is 0.406 e. The molecular weight excluding hydrogens is 247 g/mol. The van der Waals surface area contributed by atoms with Crippen molar-refractivity contribution in [2.24, 2.45) is 0 Å². The summed E-state index contributed by atoms with van der Waals surface area (Å²) in [6.07, 6.45) is -8.01. The zero-order valence-corrected chi connectivity index (χ0v) is 8.52. The highest BCUT2D eigenvalue weighted by Gasteiger charge is 2.31. The van der Waals surface area contributed by atoms with E-state index in [0.717, 1.165) is 19.1 Å². The first-order valence-electron chi connectivity index (χ1n) is 4.39. The molecule has 0 amide bonds. The van der Waals surface area contributed by atoms with Crippen LogP contribution in [0.15, 0.2) is 18.2 Å². The van der Waals surface area contributed by atoms with Crippen LogP contribution in [0.5, 0.6) is 5.75 Å². The van der Waals surface area contributed by atoms with E-state index < -0.39 is 29.9 Å². The Labute approximate surface area is 93.0 Å². The lowest BCUT2D eigenvalue weighted by Crippen LogP contribution is -2.17. The maximum atomic E-state index is 12.5. The fourth-order valence-corrected chi connectivity index (χ4v) is 1.24. The molecule has 0 spiro atoms. The molecule has 0 aromatic heterocycles. The van der Waals surface area contributed by atoms with Crippen LogP contribution in [-0.4, -0.2) is 12.1 Å². The number of ether oxygens (including phenoxy) is 1. The zero-order chi connectivity index (χ0) is 13.2. The summed E-state index contributed by atoms with van der Waals surface area (Å²) in [5, 5.41) is 0. The average molecular weight is 254 g/mol. The lowest BCUT2D eigenvalue weighted by molar-refractivity contribution is -0.274. The van der Waals surface area contributed by atoms with Crippen LogP contribution in [0.4, 0.5) is 22.0 Å². The topological polar surface area (TPSA) is 26.3 Å². The van der Waals surface area contributed by atoms with Gasteiger partial charge in [0.2, 0.25) is 0 Å². The molecule has 0 radical (unpaired) electrons. The van der Waals surface area contributed by atoms with Crippen molar-refractivity contribution in [2.45, 2.75) is 19.7 Å². The molecular formula is C10H7F5O2. The predicted molar refractivity (Wildman–Crippen MR) is 48.1 cm³/mol. The minimum Gasteiger partial charge on any atom is -0.406 e. The molecule has 0 saturated carbocycles. The van der Waals surface area contributed by atoms with Crippen LogP contribution in [0.1, 0.15) is 29.3 Å². The number of rotatable bonds is 3. The van der Waals surface area contributed by atoms with Crippen molar-refractivity contribution in [2.75, 3.05) is 0 Å². The van der Waals surface area contributed by atoms with Crippen LogP contribution >= 0.6 is 0 Å². The van der Waals surface area contributed by atoms with Crippen LogP contribution in [0, 0.1) is 0 Å². The van der Waals surface area contributed by atoms with Gasteiger partial charge in [0.1, 0.15) is 5.75 Å². The Bertz CT molecular complexity index is 425. The summed E-state index contributed by atoms with van der Waals surface area (Å²) < 4.78 is 64.1. The van der Waals surface area contributed by atoms with Crippen LogP contribution in [0.2, 0.25) is 0 Å². The molecule has 0 heterocycles. The summed E-state index contributed by atoms with van der Waals surface area (Å²) in [4.78, 5) is 11.0. The molecule has 17 heavy (non-hydrogen) atoms. The summed E-state index contributed by atoms with van der Waals surface area (Å²) in [5.74, 6) is -1.43. The Morgan fingerprint density at radius 3 is 2.29 bits per heavy atom. The Hall–Kier alpha value is -1.66. The molecule has 0 atom stereocenters. The minimum atomic E-state index is -4.96. The monoisotopic (exact) mass is 254 g/mol. The van der Waals surface area contributed by atoms with E-state index in [0.29, 0.717) is 6.07 Å². The van der Waals surface area contributed by atoms with Gasteiger partial charge in [0.15, 0.2) is 5.78 Å². The number of benzene rings is 1. The van der Waals surface area contributed by atoms with Crippen LogP contribution in [-0.2, 0) is 0 Å². The van der Waals surface area contributed by atoms with Gasteiger partial charge >= 0.3 is 6.36 Å². The van der Waals surface area contributed by atoms with Crippen molar-refractivity contribution < 1.29 is 31.5 Å². The molecule has 1 aromatic rings. The third-order valence-corrected chi connectivity index (χ3v) is 1.87. The van der Waals surface area contributed by atoms with Gasteiger partial charge in [-0.2, -0.15) is 0 Å². The molecule has 0 aliphatic rings. The number of Topliss-reactive ketones (excluding diaryl/α,β-unsaturated/α-hetero) is 1. The molecule has 0 N–H and O–H groups in total. The van der Waals surface area contributed by atoms with Gasteiger partial charge in [-0.25, -0.2) is 8.78 Å². The van der Waals surface area contributed by atoms with E-state index in [1.165, 1.54) is 0 Å². The van der Waals surface area contributed by atoms with Crippen molar-refractivity contribution in [1.82, 2.24) is 0 Å². The molecule has 7 heteroatoms. The molecule has 0 saturated heterocycles. The van der Waals surface area contributed by atoms with E-state index in [-0.39, 0.29) is 5.56 Å². The summed E-state index contributed by atoms with van der Waals surface area (Å²) in [6, 6.07) is 2.20. The van der Waals surface area contributed by atoms with Crippen molar-refractivity contribution in [3.63, 3.8) is 0 Å². The molecule has 1 rings (SSSR count). The van der Waals surface area contributed by atoms with Gasteiger partial charge in [0.05, 0.1) is 0 Å². The first-order valence-corrected chi connectivity index (χ1v) is 4.39. The average Bonchev–Trinajstić information content (AvgIpc) is 2.14. The molecule has 0 fully saturated rings. The van der Waals surface area contributed by atoms with Gasteiger partial charge in [-0.15, -0.1) is 13.2 Å². The van der Waals surface area contributed by atoms with E-state index in [4.69, 9.17) is 0 Å². The van der Waals surface area contributed by atoms with Gasteiger partial charge in [0.25, 0.3) is 6.43 Å². The lowest BCUT2D eigenvalue weighted by Gasteiger charge is -2.12. The van der Waals surface area contributed by atoms with E-state index >= 15 is 0 Å². The van der Waals surface area contributed by atoms with E-state index in [2.05, 4.69) is 4.74 Å². The Morgan fingerprint density at radius 1 is 1.29 bits per heavy atom. The number of hydrogen-bond acceptors (Lipinski definition) is 2. The lowest BCUT2D eigenvalue weighted by atomic mass is 10.0. The first kappa shape index (κ1) is 13.4. The third-order valence-electron chi connectivity index (χ3n) is 1.87. The second kappa shape index (κ2) is 4.68. The van der Waals surface area contributed by atoms with Crippen molar-refractivity contribution >= 4 is 5.78 Å². The molecule has 0 aliphatic carbocycles. The predicted octanol–water partition coefficient (Wildman–Crippen LogP) is 3.73. The van der Waals surface area contributed by atoms with Gasteiger partial charge in [-0.3, -0.25) is 4.79 Å². The Morgan fingerprint density at radius 2 is 1.88 bits per heavy atom. The maximum absolute atomic E-state index is 12.5. The van der Waals surface area contributed by atoms with Crippen molar-refractivity contribution in [1.29, 1.82) is 0 Å². The summed E-state index contributed by atoms with van der Waals surface area (Å²) in [7, 11) is 0. The maximum Gasteiger partial charge on any atom is 0.573 e. The number of hydrogen-bond donors (Lipinski definition) is 0. The number of alkyl halides is 5. The SMILES string of the molecule is CC(=O)c1ccc(OC(F)(F)F)cc1C(F)F. The first-order chi connectivity index (χ1) is 7.70. The van der Waals surface area contributed by atoms with Gasteiger partial charge in [-0.05, 0) is 25.1 Å². The fourth-order valence-electron chi connectivity index (χ4n) is 1.24. The number of ketones is 1. The molecule has 2 nitrogen and oxygen atoms in total. The third kappa shape index (κ3) is 3.69. The van der Waals surface area contributed by atoms with Crippen molar-refractivity contribution in [3.05, 3.63) is 29.3 Å². The number of carbonyl (C=O) groups is 1. The molecule has 0 unspecified atom stereocenters. The minimum absolute atomic E-state index is 0.325. The van der Waals surface area contributed by atoms with Gasteiger partial charge in [0, 0.05) is 11.1 Å². The standard InChI is InChI=1S/C10H7F5O2/c1-5(16)7-3-2-6(17-10(13,14)15)4-8(7)9(11)12/h2-4,9H,1H3. The summed E-state index contributed by atoms with van der Waals surface area (Å²) >= 11 is 0. The van der Waals surface area contributed by atoms with E-state index in [9.17, 15) is 26.7 Å². The van der Waals surface area contributed by atoms with Crippen LogP contribution in [0.25, 0.3) is 0 Å². The quantitative estimate of drug-likeness (QED) is 0.607. The van der Waals surface area contributed by atoms with Gasteiger partial charge in [-0.1, -0.05) is 0 Å². The highest BCUT2D eigenvalue weighted by molar-refractivity contribution is 5.95.